The van der Waals surface area contributed by atoms with Crippen LogP contribution in [-0.4, -0.2) is 11.6 Å². The Morgan fingerprint density at radius 3 is 1.31 bits per heavy atom. The van der Waals surface area contributed by atoms with Crippen molar-refractivity contribution < 1.29 is 9.59 Å². The van der Waals surface area contributed by atoms with Gasteiger partial charge < -0.3 is 0 Å². The molecule has 0 aliphatic carbocycles. The van der Waals surface area contributed by atoms with Crippen molar-refractivity contribution in [2.45, 2.75) is 54.4 Å². The van der Waals surface area contributed by atoms with E-state index in [0.29, 0.717) is 12.8 Å². The van der Waals surface area contributed by atoms with E-state index in [2.05, 4.69) is 6.58 Å². The molecule has 0 unspecified atom stereocenters. The molecule has 0 aliphatic heterocycles. The molecule has 0 fully saturated rings. The molecule has 16 heavy (non-hydrogen) atoms. The van der Waals surface area contributed by atoms with Crippen LogP contribution in [0.4, 0.5) is 0 Å². The smallest absolute Gasteiger partial charge is 0.171 e. The average molecular weight is 224 g/mol. The van der Waals surface area contributed by atoms with E-state index in [-0.39, 0.29) is 17.1 Å². The number of ketones is 2. The summed E-state index contributed by atoms with van der Waals surface area (Å²) in [5.74, 6) is -0.247. The predicted molar refractivity (Wildman–Crippen MR) is 67.3 cm³/mol. The lowest BCUT2D eigenvalue weighted by Crippen LogP contribution is -2.33. The van der Waals surface area contributed by atoms with Crippen molar-refractivity contribution in [3.05, 3.63) is 12.2 Å². The van der Waals surface area contributed by atoms with Gasteiger partial charge >= 0.3 is 0 Å². The summed E-state index contributed by atoms with van der Waals surface area (Å²) in [5.41, 5.74) is -0.827. The molecule has 2 nitrogen and oxygen atoms in total. The third kappa shape index (κ3) is 3.03. The average Bonchev–Trinajstić information content (AvgIpc) is 2.25. The van der Waals surface area contributed by atoms with Crippen LogP contribution in [0.15, 0.2) is 12.2 Å². The molecule has 0 heterocycles. The molecule has 0 saturated heterocycles. The Balaban J connectivity index is 4.98. The lowest BCUT2D eigenvalue weighted by Gasteiger charge is -2.26. The number of Topliss-reactive ketones (excluding diaryl/α,β-unsaturated/α-hetero) is 2. The summed E-state index contributed by atoms with van der Waals surface area (Å²) in [7, 11) is 0. The van der Waals surface area contributed by atoms with Crippen LogP contribution in [0.25, 0.3) is 0 Å². The molecule has 0 aromatic carbocycles. The maximum absolute atomic E-state index is 12.1. The van der Waals surface area contributed by atoms with E-state index in [1.165, 1.54) is 0 Å². The molecule has 0 N–H and O–H groups in total. The normalized spacial score (nSPS) is 12.4. The first-order valence-electron chi connectivity index (χ1n) is 5.88. The van der Waals surface area contributed by atoms with Crippen LogP contribution in [0.1, 0.15) is 54.4 Å². The molecule has 0 saturated carbocycles. The standard InChI is InChI=1S/C14H24O2/c1-8-13(4,5)11(15)10(3)12(16)14(6,7)9-2/h3,8-9H2,1-2,4-7H3. The molecule has 0 aromatic rings. The van der Waals surface area contributed by atoms with Crippen LogP contribution in [0.5, 0.6) is 0 Å². The lowest BCUT2D eigenvalue weighted by atomic mass is 9.75. The zero-order valence-corrected chi connectivity index (χ0v) is 11.4. The third-order valence-electron chi connectivity index (χ3n) is 3.55. The van der Waals surface area contributed by atoms with Crippen LogP contribution in [0.2, 0.25) is 0 Å². The van der Waals surface area contributed by atoms with Gasteiger partial charge in [-0.25, -0.2) is 0 Å². The van der Waals surface area contributed by atoms with Crippen LogP contribution in [0, 0.1) is 10.8 Å². The molecule has 0 rings (SSSR count). The van der Waals surface area contributed by atoms with Crippen LogP contribution >= 0.6 is 0 Å². The molecule has 2 heteroatoms. The van der Waals surface area contributed by atoms with Crippen molar-refractivity contribution >= 4 is 11.6 Å². The van der Waals surface area contributed by atoms with Crippen molar-refractivity contribution in [2.75, 3.05) is 0 Å². The summed E-state index contributed by atoms with van der Waals surface area (Å²) >= 11 is 0. The monoisotopic (exact) mass is 224 g/mol. The Bertz CT molecular complexity index is 279. The van der Waals surface area contributed by atoms with Gasteiger partial charge in [-0.2, -0.15) is 0 Å². The maximum atomic E-state index is 12.1. The summed E-state index contributed by atoms with van der Waals surface area (Å²) in [6.07, 6.45) is 1.43. The molecule has 0 radical (unpaired) electrons. The Hall–Kier alpha value is -0.920. The third-order valence-corrected chi connectivity index (χ3v) is 3.55. The lowest BCUT2D eigenvalue weighted by molar-refractivity contribution is -0.130. The molecule has 0 bridgehead atoms. The van der Waals surface area contributed by atoms with E-state index < -0.39 is 10.8 Å². The second-order valence-corrected chi connectivity index (χ2v) is 5.61. The van der Waals surface area contributed by atoms with E-state index in [0.717, 1.165) is 0 Å². The minimum atomic E-state index is -0.490. The molecule has 0 atom stereocenters. The van der Waals surface area contributed by atoms with Gasteiger partial charge in [0, 0.05) is 10.8 Å². The first-order valence-corrected chi connectivity index (χ1v) is 5.88. The second kappa shape index (κ2) is 4.94. The highest BCUT2D eigenvalue weighted by atomic mass is 16.2. The first-order chi connectivity index (χ1) is 7.10. The van der Waals surface area contributed by atoms with Gasteiger partial charge in [0.2, 0.25) is 0 Å². The highest BCUT2D eigenvalue weighted by molar-refractivity contribution is 6.22. The second-order valence-electron chi connectivity index (χ2n) is 5.61. The SMILES string of the molecule is C=C(C(=O)C(C)(C)CC)C(=O)C(C)(C)CC. The molecule has 0 amide bonds. The Morgan fingerprint density at radius 2 is 1.12 bits per heavy atom. The molecule has 92 valence electrons. The van der Waals surface area contributed by atoms with Crippen LogP contribution < -0.4 is 0 Å². The number of carbonyl (C=O) groups excluding carboxylic acids is 2. The summed E-state index contributed by atoms with van der Waals surface area (Å²) in [5, 5.41) is 0. The van der Waals surface area contributed by atoms with Gasteiger partial charge in [-0.3, -0.25) is 9.59 Å². The fraction of sp³-hybridized carbons (Fsp3) is 0.714. The number of hydrogen-bond donors (Lipinski definition) is 0. The van der Waals surface area contributed by atoms with Gasteiger partial charge in [0.25, 0.3) is 0 Å². The van der Waals surface area contributed by atoms with E-state index in [9.17, 15) is 9.59 Å². The summed E-state index contributed by atoms with van der Waals surface area (Å²) in [6.45, 7) is 15.0. The quantitative estimate of drug-likeness (QED) is 0.393. The number of carbonyl (C=O) groups is 2. The van der Waals surface area contributed by atoms with Gasteiger partial charge in [-0.05, 0) is 12.8 Å². The predicted octanol–water partition coefficient (Wildman–Crippen LogP) is 3.55. The van der Waals surface area contributed by atoms with Gasteiger partial charge in [0.1, 0.15) is 0 Å². The van der Waals surface area contributed by atoms with Crippen molar-refractivity contribution in [1.29, 1.82) is 0 Å². The molecular formula is C14H24O2. The van der Waals surface area contributed by atoms with Gasteiger partial charge in [-0.15, -0.1) is 0 Å². The van der Waals surface area contributed by atoms with E-state index in [1.54, 1.807) is 0 Å². The Labute approximate surface area is 99.1 Å². The van der Waals surface area contributed by atoms with Gasteiger partial charge in [-0.1, -0.05) is 48.1 Å². The number of allylic oxidation sites excluding steroid dienone is 1. The molecule has 0 aromatic heterocycles. The zero-order chi connectivity index (χ0) is 13.1. The van der Waals surface area contributed by atoms with Gasteiger partial charge in [0.05, 0.1) is 5.57 Å². The van der Waals surface area contributed by atoms with Crippen molar-refractivity contribution in [1.82, 2.24) is 0 Å². The van der Waals surface area contributed by atoms with Crippen molar-refractivity contribution in [3.8, 4) is 0 Å². The van der Waals surface area contributed by atoms with Gasteiger partial charge in [0.15, 0.2) is 11.6 Å². The Kier molecular flexibility index (Phi) is 4.66. The van der Waals surface area contributed by atoms with Crippen LogP contribution in [-0.2, 0) is 9.59 Å². The Morgan fingerprint density at radius 1 is 0.875 bits per heavy atom. The largest absolute Gasteiger partial charge is 0.293 e. The molecule has 0 spiro atoms. The van der Waals surface area contributed by atoms with Crippen molar-refractivity contribution in [2.24, 2.45) is 10.8 Å². The van der Waals surface area contributed by atoms with E-state index in [4.69, 9.17) is 0 Å². The fourth-order valence-electron chi connectivity index (χ4n) is 1.24. The first kappa shape index (κ1) is 15.1. The molecular weight excluding hydrogens is 200 g/mol. The van der Waals surface area contributed by atoms with E-state index in [1.807, 2.05) is 41.5 Å². The maximum Gasteiger partial charge on any atom is 0.171 e. The van der Waals surface area contributed by atoms with Crippen LogP contribution in [0.3, 0.4) is 0 Å². The van der Waals surface area contributed by atoms with Crippen molar-refractivity contribution in [3.63, 3.8) is 0 Å². The summed E-state index contributed by atoms with van der Waals surface area (Å²) in [4.78, 5) is 24.2. The molecule has 0 aliphatic rings. The summed E-state index contributed by atoms with van der Waals surface area (Å²) in [6, 6.07) is 0. The fourth-order valence-corrected chi connectivity index (χ4v) is 1.24. The minimum Gasteiger partial charge on any atom is -0.293 e. The highest BCUT2D eigenvalue weighted by Gasteiger charge is 2.35. The zero-order valence-electron chi connectivity index (χ0n) is 11.4. The number of hydrogen-bond acceptors (Lipinski definition) is 2. The summed E-state index contributed by atoms with van der Waals surface area (Å²) < 4.78 is 0. The number of rotatable bonds is 6. The topological polar surface area (TPSA) is 34.1 Å². The highest BCUT2D eigenvalue weighted by Crippen LogP contribution is 2.30. The van der Waals surface area contributed by atoms with E-state index >= 15 is 0 Å². The minimum absolute atomic E-state index is 0.124.